The molecule has 6 heteroatoms. The first-order chi connectivity index (χ1) is 12.1. The highest BCUT2D eigenvalue weighted by Gasteiger charge is 2.62. The van der Waals surface area contributed by atoms with Gasteiger partial charge in [0.15, 0.2) is 5.76 Å². The minimum atomic E-state index is -0.881. The van der Waals surface area contributed by atoms with Crippen LogP contribution in [0.4, 0.5) is 5.69 Å². The Labute approximate surface area is 150 Å². The number of epoxide rings is 1. The van der Waals surface area contributed by atoms with Crippen molar-refractivity contribution in [1.29, 1.82) is 0 Å². The molecule has 2 heterocycles. The van der Waals surface area contributed by atoms with E-state index in [2.05, 4.69) is 10.3 Å². The summed E-state index contributed by atoms with van der Waals surface area (Å²) in [7, 11) is 0. The molecule has 1 fully saturated rings. The second-order valence-electron chi connectivity index (χ2n) is 6.04. The lowest BCUT2D eigenvalue weighted by atomic mass is 9.94. The van der Waals surface area contributed by atoms with E-state index in [4.69, 9.17) is 21.1 Å². The first-order valence-electron chi connectivity index (χ1n) is 8.21. The second-order valence-corrected chi connectivity index (χ2v) is 6.48. The monoisotopic (exact) mass is 356 g/mol. The van der Waals surface area contributed by atoms with Crippen LogP contribution < -0.4 is 5.32 Å². The quantitative estimate of drug-likeness (QED) is 0.646. The number of hydrogen-bond donors (Lipinski definition) is 1. The van der Waals surface area contributed by atoms with Crippen molar-refractivity contribution in [2.75, 3.05) is 11.9 Å². The fourth-order valence-corrected chi connectivity index (χ4v) is 3.21. The van der Waals surface area contributed by atoms with Crippen LogP contribution in [0.2, 0.25) is 5.02 Å². The smallest absolute Gasteiger partial charge is 0.319 e. The number of carbonyl (C=O) groups excluding carboxylic acids is 1. The van der Waals surface area contributed by atoms with Crippen molar-refractivity contribution in [1.82, 2.24) is 4.98 Å². The number of nitrogens with one attached hydrogen (secondary N) is 1. The molecule has 0 bridgehead atoms. The number of fused-ring (bicyclic) bond motifs is 2. The molecule has 0 radical (unpaired) electrons. The molecule has 2 aromatic rings. The van der Waals surface area contributed by atoms with Gasteiger partial charge in [-0.25, -0.2) is 0 Å². The first kappa shape index (κ1) is 16.0. The van der Waals surface area contributed by atoms with Gasteiger partial charge in [0.2, 0.25) is 0 Å². The Bertz CT molecular complexity index is 909. The Morgan fingerprint density at radius 1 is 1.44 bits per heavy atom. The molecule has 0 saturated carbocycles. The molecule has 4 rings (SSSR count). The zero-order valence-corrected chi connectivity index (χ0v) is 14.4. The molecule has 0 amide bonds. The van der Waals surface area contributed by atoms with E-state index in [1.807, 2.05) is 43.4 Å². The molecule has 1 aliphatic heterocycles. The van der Waals surface area contributed by atoms with Crippen molar-refractivity contribution in [2.45, 2.75) is 19.1 Å². The molecule has 1 aliphatic carbocycles. The minimum absolute atomic E-state index is 0.296. The van der Waals surface area contributed by atoms with Crippen LogP contribution in [0.15, 0.2) is 54.4 Å². The summed E-state index contributed by atoms with van der Waals surface area (Å²) in [6.07, 6.45) is 7.97. The normalized spacial score (nSPS) is 23.4. The summed E-state index contributed by atoms with van der Waals surface area (Å²) in [5.41, 5.74) is 0.721. The number of benzene rings is 1. The predicted molar refractivity (Wildman–Crippen MR) is 96.2 cm³/mol. The highest BCUT2D eigenvalue weighted by Crippen LogP contribution is 2.51. The molecule has 128 valence electrons. The van der Waals surface area contributed by atoms with Crippen molar-refractivity contribution in [3.8, 4) is 0 Å². The predicted octanol–water partition coefficient (Wildman–Crippen LogP) is 4.05. The van der Waals surface area contributed by atoms with Gasteiger partial charge in [-0.3, -0.25) is 9.78 Å². The average molecular weight is 357 g/mol. The maximum Gasteiger partial charge on any atom is 0.319 e. The van der Waals surface area contributed by atoms with Gasteiger partial charge in [-0.05, 0) is 36.8 Å². The number of ether oxygens (including phenoxy) is 2. The number of anilines is 1. The zero-order valence-electron chi connectivity index (χ0n) is 13.7. The second kappa shape index (κ2) is 6.08. The van der Waals surface area contributed by atoms with E-state index in [1.54, 1.807) is 12.3 Å². The Morgan fingerprint density at radius 3 is 3.16 bits per heavy atom. The molecule has 1 aromatic carbocycles. The third kappa shape index (κ3) is 2.74. The molecule has 0 spiro atoms. The van der Waals surface area contributed by atoms with Crippen LogP contribution in [0.5, 0.6) is 0 Å². The van der Waals surface area contributed by atoms with Crippen LogP contribution in [0.25, 0.3) is 10.9 Å². The van der Waals surface area contributed by atoms with E-state index in [1.165, 1.54) is 0 Å². The van der Waals surface area contributed by atoms with Crippen LogP contribution in [-0.2, 0) is 14.3 Å². The Morgan fingerprint density at radius 2 is 2.32 bits per heavy atom. The van der Waals surface area contributed by atoms with Gasteiger partial charge >= 0.3 is 5.97 Å². The summed E-state index contributed by atoms with van der Waals surface area (Å²) in [6, 6.07) is 7.38. The number of pyridine rings is 1. The standard InChI is InChI=1S/C19H17ClN2O3/c1-2-10-24-18(23)14-4-3-5-17-19(14,25-17)22-15-8-9-21-16-11-12(20)6-7-13(15)16/h3-9,11,14H,2,10H2,1H3,(H,21,22). The van der Waals surface area contributed by atoms with E-state index in [0.717, 1.165) is 28.8 Å². The summed E-state index contributed by atoms with van der Waals surface area (Å²) in [4.78, 5) is 16.8. The number of halogens is 1. The maximum absolute atomic E-state index is 12.4. The highest BCUT2D eigenvalue weighted by molar-refractivity contribution is 6.31. The largest absolute Gasteiger partial charge is 0.465 e. The number of allylic oxidation sites excluding steroid dienone is 2. The van der Waals surface area contributed by atoms with Crippen molar-refractivity contribution >= 4 is 34.2 Å². The van der Waals surface area contributed by atoms with E-state index < -0.39 is 11.6 Å². The van der Waals surface area contributed by atoms with Crippen LogP contribution in [0.3, 0.4) is 0 Å². The summed E-state index contributed by atoms with van der Waals surface area (Å²) in [6.45, 7) is 2.36. The lowest BCUT2D eigenvalue weighted by Gasteiger charge is -2.22. The van der Waals surface area contributed by atoms with Crippen LogP contribution >= 0.6 is 11.6 Å². The summed E-state index contributed by atoms with van der Waals surface area (Å²) in [5.74, 6) is -0.1000. The van der Waals surface area contributed by atoms with E-state index in [-0.39, 0.29) is 5.97 Å². The molecule has 1 N–H and O–H groups in total. The summed E-state index contributed by atoms with van der Waals surface area (Å²) in [5, 5.41) is 4.91. The minimum Gasteiger partial charge on any atom is -0.465 e. The number of aromatic nitrogens is 1. The van der Waals surface area contributed by atoms with Gasteiger partial charge in [-0.2, -0.15) is 0 Å². The lowest BCUT2D eigenvalue weighted by molar-refractivity contribution is -0.148. The Hall–Kier alpha value is -2.53. The Kier molecular flexibility index (Phi) is 3.88. The van der Waals surface area contributed by atoms with Gasteiger partial charge in [-0.1, -0.05) is 30.7 Å². The topological polar surface area (TPSA) is 63.8 Å². The van der Waals surface area contributed by atoms with Gasteiger partial charge in [0.25, 0.3) is 5.72 Å². The van der Waals surface area contributed by atoms with Crippen molar-refractivity contribution in [2.24, 2.45) is 5.92 Å². The molecular formula is C19H17ClN2O3. The number of rotatable bonds is 5. The molecule has 2 aliphatic rings. The van der Waals surface area contributed by atoms with Gasteiger partial charge in [0, 0.05) is 22.3 Å². The molecule has 5 nitrogen and oxygen atoms in total. The molecule has 1 saturated heterocycles. The number of hydrogen-bond acceptors (Lipinski definition) is 5. The SMILES string of the molecule is CCCOC(=O)C1C=CC=C2OC21Nc1ccnc2cc(Cl)ccc12. The van der Waals surface area contributed by atoms with Crippen LogP contribution in [0, 0.1) is 5.92 Å². The summed E-state index contributed by atoms with van der Waals surface area (Å²) >= 11 is 6.05. The number of carbonyl (C=O) groups is 1. The fraction of sp³-hybridized carbons (Fsp3) is 0.263. The van der Waals surface area contributed by atoms with Gasteiger partial charge in [0.1, 0.15) is 5.92 Å². The number of nitrogens with zero attached hydrogens (tertiary/aromatic N) is 1. The van der Waals surface area contributed by atoms with Crippen molar-refractivity contribution in [3.63, 3.8) is 0 Å². The van der Waals surface area contributed by atoms with E-state index >= 15 is 0 Å². The average Bonchev–Trinajstić information content (AvgIpc) is 3.33. The third-order valence-electron chi connectivity index (χ3n) is 4.31. The van der Waals surface area contributed by atoms with E-state index in [0.29, 0.717) is 11.6 Å². The molecular weight excluding hydrogens is 340 g/mol. The van der Waals surface area contributed by atoms with Crippen molar-refractivity contribution in [3.05, 3.63) is 59.5 Å². The highest BCUT2D eigenvalue weighted by atomic mass is 35.5. The summed E-state index contributed by atoms with van der Waals surface area (Å²) < 4.78 is 11.1. The lowest BCUT2D eigenvalue weighted by Crippen LogP contribution is -2.38. The first-order valence-corrected chi connectivity index (χ1v) is 8.59. The maximum atomic E-state index is 12.4. The van der Waals surface area contributed by atoms with Gasteiger partial charge in [-0.15, -0.1) is 0 Å². The Balaban J connectivity index is 1.67. The van der Waals surface area contributed by atoms with E-state index in [9.17, 15) is 4.79 Å². The molecule has 1 aromatic heterocycles. The van der Waals surface area contributed by atoms with Crippen LogP contribution in [-0.4, -0.2) is 23.3 Å². The third-order valence-corrected chi connectivity index (χ3v) is 4.55. The number of esters is 1. The fourth-order valence-electron chi connectivity index (χ4n) is 3.04. The van der Waals surface area contributed by atoms with Crippen LogP contribution in [0.1, 0.15) is 13.3 Å². The molecule has 2 unspecified atom stereocenters. The molecule has 2 atom stereocenters. The molecule has 25 heavy (non-hydrogen) atoms. The van der Waals surface area contributed by atoms with Gasteiger partial charge in [0.05, 0.1) is 12.1 Å². The van der Waals surface area contributed by atoms with Gasteiger partial charge < -0.3 is 14.8 Å². The zero-order chi connectivity index (χ0) is 17.4. The van der Waals surface area contributed by atoms with Crippen molar-refractivity contribution < 1.29 is 14.3 Å².